The van der Waals surface area contributed by atoms with Crippen molar-refractivity contribution in [3.63, 3.8) is 0 Å². The molecule has 4 rings (SSSR count). The van der Waals surface area contributed by atoms with Crippen LogP contribution in [-0.2, 0) is 0 Å². The first kappa shape index (κ1) is 22.9. The summed E-state index contributed by atoms with van der Waals surface area (Å²) in [6.45, 7) is 0. The molecule has 0 aliphatic heterocycles. The summed E-state index contributed by atoms with van der Waals surface area (Å²) in [4.78, 5) is 15.2. The third-order valence-corrected chi connectivity index (χ3v) is 3.93. The van der Waals surface area contributed by atoms with Gasteiger partial charge in [-0.1, -0.05) is 60.7 Å². The summed E-state index contributed by atoms with van der Waals surface area (Å²) >= 11 is 3.16. The number of hydrogen-bond donors (Lipinski definition) is 4. The molecule has 30 heavy (non-hydrogen) atoms. The lowest BCUT2D eigenvalue weighted by Gasteiger charge is -1.99. The first-order chi connectivity index (χ1) is 14.5. The Morgan fingerprint density at radius 1 is 0.633 bits per heavy atom. The van der Waals surface area contributed by atoms with Gasteiger partial charge in [0.15, 0.2) is 0 Å². The molecule has 2 heterocycles. The standard InChI is InChI=1S/C10H9N3.C6H7BO2.C4H4BrN3/c11-10-12-6-9(7-13-10)8-4-2-1-3-5-8;8-7(9)6-4-2-1-3-5-6;5-3-1-7-4(6)8-2-3/h1-7H,(H2,11,12,13);1-5,8-9H;1-2H,(H2,6,7,8). The number of benzene rings is 2. The molecule has 0 atom stereocenters. The third-order valence-electron chi connectivity index (χ3n) is 3.52. The van der Waals surface area contributed by atoms with E-state index in [0.29, 0.717) is 17.4 Å². The zero-order valence-electron chi connectivity index (χ0n) is 15.9. The Bertz CT molecular complexity index is 970. The highest BCUT2D eigenvalue weighted by Gasteiger charge is 2.07. The fourth-order valence-corrected chi connectivity index (χ4v) is 2.27. The van der Waals surface area contributed by atoms with Crippen LogP contribution < -0.4 is 16.9 Å². The van der Waals surface area contributed by atoms with Gasteiger partial charge in [-0.2, -0.15) is 0 Å². The number of anilines is 2. The van der Waals surface area contributed by atoms with Gasteiger partial charge in [0.1, 0.15) is 0 Å². The minimum atomic E-state index is -1.34. The summed E-state index contributed by atoms with van der Waals surface area (Å²) in [5.74, 6) is 0.605. The zero-order chi connectivity index (χ0) is 21.8. The van der Waals surface area contributed by atoms with Crippen LogP contribution in [0.4, 0.5) is 11.9 Å². The average Bonchev–Trinajstić information content (AvgIpc) is 2.78. The molecule has 0 bridgehead atoms. The van der Waals surface area contributed by atoms with Crippen LogP contribution in [-0.4, -0.2) is 37.1 Å². The zero-order valence-corrected chi connectivity index (χ0v) is 17.5. The molecule has 0 aliphatic carbocycles. The van der Waals surface area contributed by atoms with Gasteiger partial charge in [-0.05, 0) is 27.0 Å². The number of nitrogen functional groups attached to an aromatic ring is 2. The van der Waals surface area contributed by atoms with Crippen LogP contribution >= 0.6 is 15.9 Å². The van der Waals surface area contributed by atoms with Crippen molar-refractivity contribution >= 4 is 40.4 Å². The van der Waals surface area contributed by atoms with E-state index in [9.17, 15) is 0 Å². The topological polar surface area (TPSA) is 144 Å². The second kappa shape index (κ2) is 12.3. The molecular formula is C20H20BBrN6O2. The van der Waals surface area contributed by atoms with E-state index in [1.165, 1.54) is 0 Å². The lowest BCUT2D eigenvalue weighted by atomic mass is 9.81. The SMILES string of the molecule is Nc1ncc(-c2ccccc2)cn1.Nc1ncc(Br)cn1.OB(O)c1ccccc1. The molecule has 0 unspecified atom stereocenters. The molecule has 0 radical (unpaired) electrons. The fraction of sp³-hybridized carbons (Fsp3) is 0. The lowest BCUT2D eigenvalue weighted by Crippen LogP contribution is -2.29. The van der Waals surface area contributed by atoms with E-state index in [0.717, 1.165) is 15.6 Å². The van der Waals surface area contributed by atoms with Crippen LogP contribution in [0.5, 0.6) is 0 Å². The maximum absolute atomic E-state index is 8.58. The smallest absolute Gasteiger partial charge is 0.423 e. The van der Waals surface area contributed by atoms with Crippen LogP contribution in [0.25, 0.3) is 11.1 Å². The van der Waals surface area contributed by atoms with Crippen molar-refractivity contribution in [1.82, 2.24) is 19.9 Å². The van der Waals surface area contributed by atoms with Crippen molar-refractivity contribution in [1.29, 1.82) is 0 Å². The Hall–Kier alpha value is -3.34. The van der Waals surface area contributed by atoms with Crippen molar-refractivity contribution in [2.45, 2.75) is 0 Å². The highest BCUT2D eigenvalue weighted by Crippen LogP contribution is 2.16. The molecule has 0 saturated heterocycles. The number of halogens is 1. The number of nitrogens with two attached hydrogens (primary N) is 2. The Morgan fingerprint density at radius 3 is 1.47 bits per heavy atom. The summed E-state index contributed by atoms with van der Waals surface area (Å²) in [5, 5.41) is 17.2. The van der Waals surface area contributed by atoms with Gasteiger partial charge in [0, 0.05) is 30.4 Å². The molecule has 0 amide bonds. The highest BCUT2D eigenvalue weighted by atomic mass is 79.9. The van der Waals surface area contributed by atoms with Gasteiger partial charge >= 0.3 is 7.12 Å². The molecule has 152 valence electrons. The Balaban J connectivity index is 0.000000167. The van der Waals surface area contributed by atoms with Crippen LogP contribution in [0.3, 0.4) is 0 Å². The summed E-state index contributed by atoms with van der Waals surface area (Å²) in [6.07, 6.45) is 6.64. The minimum Gasteiger partial charge on any atom is -0.423 e. The van der Waals surface area contributed by atoms with E-state index in [1.54, 1.807) is 49.1 Å². The summed E-state index contributed by atoms with van der Waals surface area (Å²) in [7, 11) is -1.34. The van der Waals surface area contributed by atoms with Crippen molar-refractivity contribution in [2.75, 3.05) is 11.5 Å². The molecule has 10 heteroatoms. The van der Waals surface area contributed by atoms with E-state index < -0.39 is 7.12 Å². The molecule has 2 aromatic carbocycles. The number of aromatic nitrogens is 4. The molecule has 4 aromatic rings. The predicted molar refractivity (Wildman–Crippen MR) is 122 cm³/mol. The van der Waals surface area contributed by atoms with Crippen LogP contribution in [0, 0.1) is 0 Å². The number of hydrogen-bond acceptors (Lipinski definition) is 8. The third kappa shape index (κ3) is 8.35. The number of rotatable bonds is 2. The fourth-order valence-electron chi connectivity index (χ4n) is 2.07. The molecule has 2 aromatic heterocycles. The van der Waals surface area contributed by atoms with Gasteiger partial charge in [-0.25, -0.2) is 19.9 Å². The molecular weight excluding hydrogens is 447 g/mol. The molecule has 8 nitrogen and oxygen atoms in total. The highest BCUT2D eigenvalue weighted by molar-refractivity contribution is 9.10. The Kier molecular flexibility index (Phi) is 9.39. The van der Waals surface area contributed by atoms with Gasteiger partial charge in [0.2, 0.25) is 11.9 Å². The summed E-state index contributed by atoms with van der Waals surface area (Å²) in [6, 6.07) is 18.6. The molecule has 6 N–H and O–H groups in total. The average molecular weight is 467 g/mol. The van der Waals surface area contributed by atoms with Crippen LogP contribution in [0.1, 0.15) is 0 Å². The minimum absolute atomic E-state index is 0.299. The van der Waals surface area contributed by atoms with Crippen molar-refractivity contribution in [2.24, 2.45) is 0 Å². The normalized spacial score (nSPS) is 9.43. The van der Waals surface area contributed by atoms with Crippen LogP contribution in [0.15, 0.2) is 89.9 Å². The molecule has 0 fully saturated rings. The van der Waals surface area contributed by atoms with Gasteiger partial charge in [0.25, 0.3) is 0 Å². The second-order valence-corrected chi connectivity index (χ2v) is 6.66. The van der Waals surface area contributed by atoms with E-state index in [1.807, 2.05) is 36.4 Å². The van der Waals surface area contributed by atoms with Crippen LogP contribution in [0.2, 0.25) is 0 Å². The van der Waals surface area contributed by atoms with E-state index in [2.05, 4.69) is 35.9 Å². The maximum atomic E-state index is 8.58. The van der Waals surface area contributed by atoms with E-state index in [-0.39, 0.29) is 0 Å². The Labute approximate surface area is 183 Å². The summed E-state index contributed by atoms with van der Waals surface area (Å²) in [5.41, 5.74) is 13.2. The first-order valence-corrected chi connectivity index (χ1v) is 9.52. The largest absolute Gasteiger partial charge is 0.488 e. The predicted octanol–water partition coefficient (Wildman–Crippen LogP) is 1.91. The lowest BCUT2D eigenvalue weighted by molar-refractivity contribution is 0.426. The van der Waals surface area contributed by atoms with Crippen molar-refractivity contribution in [3.8, 4) is 11.1 Å². The van der Waals surface area contributed by atoms with Crippen molar-refractivity contribution in [3.05, 3.63) is 89.9 Å². The maximum Gasteiger partial charge on any atom is 0.488 e. The monoisotopic (exact) mass is 466 g/mol. The molecule has 0 spiro atoms. The van der Waals surface area contributed by atoms with Gasteiger partial charge in [-0.3, -0.25) is 0 Å². The summed E-state index contributed by atoms with van der Waals surface area (Å²) < 4.78 is 0.840. The molecule has 0 aliphatic rings. The van der Waals surface area contributed by atoms with E-state index in [4.69, 9.17) is 21.5 Å². The second-order valence-electron chi connectivity index (χ2n) is 5.74. The van der Waals surface area contributed by atoms with Gasteiger partial charge in [0.05, 0.1) is 4.47 Å². The van der Waals surface area contributed by atoms with Crippen molar-refractivity contribution < 1.29 is 10.0 Å². The number of nitrogens with zero attached hydrogens (tertiary/aromatic N) is 4. The molecule has 0 saturated carbocycles. The quantitative estimate of drug-likeness (QED) is 0.328. The Morgan fingerprint density at radius 2 is 1.07 bits per heavy atom. The first-order valence-electron chi connectivity index (χ1n) is 8.72. The van der Waals surface area contributed by atoms with Gasteiger partial charge < -0.3 is 21.5 Å². The van der Waals surface area contributed by atoms with Gasteiger partial charge in [-0.15, -0.1) is 0 Å². The van der Waals surface area contributed by atoms with E-state index >= 15 is 0 Å².